The zero-order valence-corrected chi connectivity index (χ0v) is 13.7. The fourth-order valence-electron chi connectivity index (χ4n) is 3.98. The summed E-state index contributed by atoms with van der Waals surface area (Å²) in [6.07, 6.45) is 1.76. The van der Waals surface area contributed by atoms with Crippen LogP contribution in [-0.4, -0.2) is 64.8 Å². The van der Waals surface area contributed by atoms with E-state index in [2.05, 4.69) is 4.90 Å². The van der Waals surface area contributed by atoms with Gasteiger partial charge in [0.15, 0.2) is 0 Å². The summed E-state index contributed by atoms with van der Waals surface area (Å²) >= 11 is 5.92. The molecule has 0 unspecified atom stereocenters. The Morgan fingerprint density at radius 2 is 1.65 bits per heavy atom. The monoisotopic (exact) mass is 333 g/mol. The van der Waals surface area contributed by atoms with Crippen molar-refractivity contribution in [1.29, 1.82) is 0 Å². The van der Waals surface area contributed by atoms with Crippen LogP contribution in [0.15, 0.2) is 24.3 Å². The number of rotatable bonds is 2. The van der Waals surface area contributed by atoms with Crippen molar-refractivity contribution in [3.05, 3.63) is 34.9 Å². The number of benzene rings is 1. The van der Waals surface area contributed by atoms with E-state index in [0.717, 1.165) is 37.5 Å². The summed E-state index contributed by atoms with van der Waals surface area (Å²) in [5.74, 6) is 0.283. The molecule has 1 aromatic rings. The van der Waals surface area contributed by atoms with E-state index in [1.165, 1.54) is 5.56 Å². The smallest absolute Gasteiger partial charge is 0.247 e. The van der Waals surface area contributed by atoms with E-state index >= 15 is 0 Å². The fraction of sp³-hybridized carbons (Fsp3) is 0.529. The molecule has 0 spiro atoms. The minimum atomic E-state index is -0.307. The molecule has 0 N–H and O–H groups in total. The van der Waals surface area contributed by atoms with Gasteiger partial charge in [-0.1, -0.05) is 23.7 Å². The zero-order valence-electron chi connectivity index (χ0n) is 12.9. The third-order valence-corrected chi connectivity index (χ3v) is 5.42. The highest BCUT2D eigenvalue weighted by Crippen LogP contribution is 2.29. The standard InChI is InChI=1S/C17H20ClN3O2/c18-13-5-3-12(4-6-13)10-19-8-9-21-15(11-19)17(23)20-7-1-2-14(20)16(21)22/h3-6,14-15H,1-2,7-11H2/t14-,15-/m1/s1. The number of hydrogen-bond acceptors (Lipinski definition) is 3. The van der Waals surface area contributed by atoms with Gasteiger partial charge in [0.25, 0.3) is 0 Å². The number of halogens is 1. The van der Waals surface area contributed by atoms with Crippen molar-refractivity contribution >= 4 is 23.4 Å². The Bertz CT molecular complexity index is 633. The van der Waals surface area contributed by atoms with Crippen LogP contribution in [-0.2, 0) is 16.1 Å². The van der Waals surface area contributed by atoms with Crippen LogP contribution in [0.5, 0.6) is 0 Å². The molecule has 0 radical (unpaired) electrons. The number of carbonyl (C=O) groups excluding carboxylic acids is 2. The van der Waals surface area contributed by atoms with Crippen molar-refractivity contribution in [2.45, 2.75) is 31.5 Å². The van der Waals surface area contributed by atoms with Crippen molar-refractivity contribution in [3.8, 4) is 0 Å². The van der Waals surface area contributed by atoms with E-state index < -0.39 is 0 Å². The highest BCUT2D eigenvalue weighted by atomic mass is 35.5. The second-order valence-electron chi connectivity index (χ2n) is 6.60. The Labute approximate surface area is 140 Å². The average Bonchev–Trinajstić information content (AvgIpc) is 3.05. The normalized spacial score (nSPS) is 28.0. The maximum absolute atomic E-state index is 12.7. The van der Waals surface area contributed by atoms with Gasteiger partial charge in [0, 0.05) is 37.7 Å². The number of nitrogens with zero attached hydrogens (tertiary/aromatic N) is 3. The van der Waals surface area contributed by atoms with Crippen molar-refractivity contribution < 1.29 is 9.59 Å². The van der Waals surface area contributed by atoms with E-state index in [1.807, 2.05) is 29.2 Å². The van der Waals surface area contributed by atoms with Crippen molar-refractivity contribution in [2.75, 3.05) is 26.2 Å². The lowest BCUT2D eigenvalue weighted by molar-refractivity contribution is -0.163. The number of amides is 2. The molecule has 2 atom stereocenters. The third kappa shape index (κ3) is 2.62. The minimum absolute atomic E-state index is 0.132. The van der Waals surface area contributed by atoms with E-state index in [-0.39, 0.29) is 23.9 Å². The molecular formula is C17H20ClN3O2. The number of piperazine rings is 2. The number of fused-ring (bicyclic) bond motifs is 2. The van der Waals surface area contributed by atoms with Crippen molar-refractivity contribution in [1.82, 2.24) is 14.7 Å². The van der Waals surface area contributed by atoms with Gasteiger partial charge in [-0.05, 0) is 30.5 Å². The van der Waals surface area contributed by atoms with Gasteiger partial charge in [0.1, 0.15) is 12.1 Å². The minimum Gasteiger partial charge on any atom is -0.329 e. The molecule has 6 heteroatoms. The maximum atomic E-state index is 12.7. The van der Waals surface area contributed by atoms with Gasteiger partial charge in [-0.25, -0.2) is 0 Å². The Morgan fingerprint density at radius 1 is 0.957 bits per heavy atom. The van der Waals surface area contributed by atoms with Gasteiger partial charge in [0.05, 0.1) is 0 Å². The summed E-state index contributed by atoms with van der Waals surface area (Å²) in [7, 11) is 0. The summed E-state index contributed by atoms with van der Waals surface area (Å²) < 4.78 is 0. The first-order chi connectivity index (χ1) is 11.1. The molecule has 0 aliphatic carbocycles. The molecule has 23 heavy (non-hydrogen) atoms. The number of hydrogen-bond donors (Lipinski definition) is 0. The highest BCUT2D eigenvalue weighted by molar-refractivity contribution is 6.30. The van der Waals surface area contributed by atoms with Crippen LogP contribution >= 0.6 is 11.6 Å². The van der Waals surface area contributed by atoms with Gasteiger partial charge in [-0.3, -0.25) is 14.5 Å². The molecule has 3 fully saturated rings. The Balaban J connectivity index is 1.48. The third-order valence-electron chi connectivity index (χ3n) is 5.17. The Hall–Kier alpha value is -1.59. The zero-order chi connectivity index (χ0) is 16.0. The molecule has 0 aromatic heterocycles. The summed E-state index contributed by atoms with van der Waals surface area (Å²) in [4.78, 5) is 31.2. The quantitative estimate of drug-likeness (QED) is 0.821. The second-order valence-corrected chi connectivity index (χ2v) is 7.04. The SMILES string of the molecule is O=C1[C@H]2CN(Cc3ccc(Cl)cc3)CCN2C(=O)[C@H]2CCCN12. The largest absolute Gasteiger partial charge is 0.329 e. The first-order valence-corrected chi connectivity index (χ1v) is 8.59. The lowest BCUT2D eigenvalue weighted by Gasteiger charge is -2.47. The highest BCUT2D eigenvalue weighted by Gasteiger charge is 2.49. The Morgan fingerprint density at radius 3 is 2.43 bits per heavy atom. The molecule has 1 aromatic carbocycles. The van der Waals surface area contributed by atoms with Crippen LogP contribution in [0.1, 0.15) is 18.4 Å². The van der Waals surface area contributed by atoms with Gasteiger partial charge >= 0.3 is 0 Å². The van der Waals surface area contributed by atoms with E-state index in [9.17, 15) is 9.59 Å². The molecule has 4 rings (SSSR count). The lowest BCUT2D eigenvalue weighted by Crippen LogP contribution is -2.68. The second kappa shape index (κ2) is 5.80. The van der Waals surface area contributed by atoms with Crippen molar-refractivity contribution in [2.24, 2.45) is 0 Å². The molecule has 0 bridgehead atoms. The van der Waals surface area contributed by atoms with Gasteiger partial charge in [0.2, 0.25) is 11.8 Å². The molecule has 2 amide bonds. The molecule has 122 valence electrons. The molecule has 3 saturated heterocycles. The fourth-order valence-corrected chi connectivity index (χ4v) is 4.10. The van der Waals surface area contributed by atoms with Gasteiger partial charge in [-0.2, -0.15) is 0 Å². The van der Waals surface area contributed by atoms with Crippen LogP contribution in [0.25, 0.3) is 0 Å². The number of carbonyl (C=O) groups is 2. The predicted octanol–water partition coefficient (Wildman–Crippen LogP) is 1.36. The molecule has 3 aliphatic heterocycles. The van der Waals surface area contributed by atoms with Crippen LogP contribution in [0.3, 0.4) is 0 Å². The Kier molecular flexibility index (Phi) is 3.77. The summed E-state index contributed by atoms with van der Waals surface area (Å²) in [6.45, 7) is 3.59. The van der Waals surface area contributed by atoms with E-state index in [1.54, 1.807) is 4.90 Å². The summed E-state index contributed by atoms with van der Waals surface area (Å²) in [5, 5.41) is 0.728. The van der Waals surface area contributed by atoms with Crippen LogP contribution in [0, 0.1) is 0 Å². The van der Waals surface area contributed by atoms with Crippen LogP contribution in [0.2, 0.25) is 5.02 Å². The van der Waals surface area contributed by atoms with Crippen LogP contribution in [0.4, 0.5) is 0 Å². The predicted molar refractivity (Wildman–Crippen MR) is 87.0 cm³/mol. The first kappa shape index (κ1) is 15.0. The first-order valence-electron chi connectivity index (χ1n) is 8.21. The van der Waals surface area contributed by atoms with Crippen LogP contribution < -0.4 is 0 Å². The average molecular weight is 334 g/mol. The molecular weight excluding hydrogens is 314 g/mol. The van der Waals surface area contributed by atoms with Gasteiger partial charge in [-0.15, -0.1) is 0 Å². The van der Waals surface area contributed by atoms with E-state index in [4.69, 9.17) is 11.6 Å². The van der Waals surface area contributed by atoms with E-state index in [0.29, 0.717) is 13.1 Å². The molecule has 5 nitrogen and oxygen atoms in total. The molecule has 3 heterocycles. The summed E-state index contributed by atoms with van der Waals surface area (Å²) in [5.41, 5.74) is 1.18. The topological polar surface area (TPSA) is 43.9 Å². The molecule has 3 aliphatic rings. The lowest BCUT2D eigenvalue weighted by atomic mass is 10.0. The maximum Gasteiger partial charge on any atom is 0.247 e. The molecule has 0 saturated carbocycles. The van der Waals surface area contributed by atoms with Gasteiger partial charge < -0.3 is 9.80 Å². The van der Waals surface area contributed by atoms with Crippen molar-refractivity contribution in [3.63, 3.8) is 0 Å². The summed E-state index contributed by atoms with van der Waals surface area (Å²) in [6, 6.07) is 7.30.